The lowest BCUT2D eigenvalue weighted by atomic mass is 10.2. The highest BCUT2D eigenvalue weighted by atomic mass is 32.2. The third-order valence-electron chi connectivity index (χ3n) is 4.75. The van der Waals surface area contributed by atoms with Crippen LogP contribution in [0.25, 0.3) is 0 Å². The van der Waals surface area contributed by atoms with Gasteiger partial charge in [0.1, 0.15) is 12.4 Å². The van der Waals surface area contributed by atoms with Crippen molar-refractivity contribution in [1.82, 2.24) is 4.90 Å². The SMILES string of the molecule is Cc1cccc(OCCN(C)C(=O)c2ccc(NS(=O)(=O)c3cccc([N+](=O)[O-])c3)cc2)c1. The number of amides is 1. The van der Waals surface area contributed by atoms with Crippen molar-refractivity contribution in [3.05, 3.63) is 94.0 Å². The van der Waals surface area contributed by atoms with Gasteiger partial charge in [0, 0.05) is 30.4 Å². The number of nitro benzene ring substituents is 1. The van der Waals surface area contributed by atoms with Crippen LogP contribution in [-0.4, -0.2) is 44.3 Å². The molecule has 3 aromatic rings. The normalized spacial score (nSPS) is 11.0. The van der Waals surface area contributed by atoms with Gasteiger partial charge in [0.05, 0.1) is 16.4 Å². The van der Waals surface area contributed by atoms with Crippen molar-refractivity contribution in [3.8, 4) is 5.75 Å². The number of ether oxygens (including phenoxy) is 1. The van der Waals surface area contributed by atoms with Crippen LogP contribution in [0.2, 0.25) is 0 Å². The first-order valence-corrected chi connectivity index (χ1v) is 11.5. The molecule has 172 valence electrons. The summed E-state index contributed by atoms with van der Waals surface area (Å²) in [6.07, 6.45) is 0. The summed E-state index contributed by atoms with van der Waals surface area (Å²) in [6.45, 7) is 2.66. The lowest BCUT2D eigenvalue weighted by molar-refractivity contribution is -0.385. The van der Waals surface area contributed by atoms with Gasteiger partial charge in [-0.1, -0.05) is 18.2 Å². The summed E-state index contributed by atoms with van der Waals surface area (Å²) in [5.41, 5.74) is 1.36. The fourth-order valence-corrected chi connectivity index (χ4v) is 4.08. The Labute approximate surface area is 191 Å². The zero-order chi connectivity index (χ0) is 24.0. The van der Waals surface area contributed by atoms with E-state index in [9.17, 15) is 23.3 Å². The van der Waals surface area contributed by atoms with Gasteiger partial charge in [0.2, 0.25) is 0 Å². The van der Waals surface area contributed by atoms with E-state index in [1.807, 2.05) is 31.2 Å². The molecule has 0 aliphatic rings. The third kappa shape index (κ3) is 6.30. The Bertz CT molecular complexity index is 1260. The van der Waals surface area contributed by atoms with Gasteiger partial charge in [-0.25, -0.2) is 8.42 Å². The number of nitro groups is 1. The van der Waals surface area contributed by atoms with Crippen LogP contribution in [-0.2, 0) is 10.0 Å². The molecule has 3 aromatic carbocycles. The molecule has 9 nitrogen and oxygen atoms in total. The average Bonchev–Trinajstić information content (AvgIpc) is 2.79. The molecule has 0 heterocycles. The van der Waals surface area contributed by atoms with E-state index in [2.05, 4.69) is 4.72 Å². The van der Waals surface area contributed by atoms with Crippen molar-refractivity contribution >= 4 is 27.3 Å². The molecule has 0 saturated heterocycles. The number of sulfonamides is 1. The largest absolute Gasteiger partial charge is 0.492 e. The second-order valence-electron chi connectivity index (χ2n) is 7.33. The molecule has 33 heavy (non-hydrogen) atoms. The van der Waals surface area contributed by atoms with E-state index in [1.54, 1.807) is 7.05 Å². The Morgan fingerprint density at radius 3 is 2.42 bits per heavy atom. The van der Waals surface area contributed by atoms with Crippen LogP contribution in [0.15, 0.2) is 77.7 Å². The van der Waals surface area contributed by atoms with E-state index in [0.717, 1.165) is 17.4 Å². The average molecular weight is 470 g/mol. The smallest absolute Gasteiger partial charge is 0.270 e. The topological polar surface area (TPSA) is 119 Å². The molecule has 0 aliphatic carbocycles. The number of aryl methyl sites for hydroxylation is 1. The lowest BCUT2D eigenvalue weighted by Crippen LogP contribution is -2.30. The van der Waals surface area contributed by atoms with Crippen LogP contribution < -0.4 is 9.46 Å². The van der Waals surface area contributed by atoms with E-state index in [1.165, 1.54) is 47.4 Å². The summed E-state index contributed by atoms with van der Waals surface area (Å²) >= 11 is 0. The van der Waals surface area contributed by atoms with E-state index < -0.39 is 14.9 Å². The molecule has 0 unspecified atom stereocenters. The van der Waals surface area contributed by atoms with E-state index >= 15 is 0 Å². The predicted octanol–water partition coefficient (Wildman–Crippen LogP) is 3.86. The van der Waals surface area contributed by atoms with Gasteiger partial charge in [-0.3, -0.25) is 19.6 Å². The fourth-order valence-electron chi connectivity index (χ4n) is 2.99. The maximum atomic E-state index is 12.6. The molecule has 10 heteroatoms. The molecule has 3 rings (SSSR count). The number of benzene rings is 3. The number of anilines is 1. The van der Waals surface area contributed by atoms with Crippen LogP contribution in [0.3, 0.4) is 0 Å². The van der Waals surface area contributed by atoms with Gasteiger partial charge in [-0.05, 0) is 55.0 Å². The van der Waals surface area contributed by atoms with Crippen LogP contribution in [0, 0.1) is 17.0 Å². The van der Waals surface area contributed by atoms with Crippen molar-refractivity contribution in [2.24, 2.45) is 0 Å². The first kappa shape index (κ1) is 23.7. The van der Waals surface area contributed by atoms with Gasteiger partial charge >= 0.3 is 0 Å². The van der Waals surface area contributed by atoms with Crippen molar-refractivity contribution in [1.29, 1.82) is 0 Å². The van der Waals surface area contributed by atoms with Crippen LogP contribution in [0.5, 0.6) is 5.75 Å². The quantitative estimate of drug-likeness (QED) is 0.376. The van der Waals surface area contributed by atoms with Crippen LogP contribution in [0.4, 0.5) is 11.4 Å². The Morgan fingerprint density at radius 2 is 1.76 bits per heavy atom. The summed E-state index contributed by atoms with van der Waals surface area (Å²) in [7, 11) is -2.37. The van der Waals surface area contributed by atoms with Crippen LogP contribution >= 0.6 is 0 Å². The highest BCUT2D eigenvalue weighted by molar-refractivity contribution is 7.92. The van der Waals surface area contributed by atoms with E-state index in [4.69, 9.17) is 4.74 Å². The van der Waals surface area contributed by atoms with Crippen LogP contribution in [0.1, 0.15) is 15.9 Å². The zero-order valence-electron chi connectivity index (χ0n) is 18.1. The number of nitrogens with zero attached hydrogens (tertiary/aromatic N) is 2. The standard InChI is InChI=1S/C23H23N3O6S/c1-17-5-3-7-21(15-17)32-14-13-25(2)23(27)18-9-11-19(12-10-18)24-33(30,31)22-8-4-6-20(16-22)26(28)29/h3-12,15-16,24H,13-14H2,1-2H3. The molecule has 1 N–H and O–H groups in total. The van der Waals surface area contributed by atoms with Crippen molar-refractivity contribution in [2.75, 3.05) is 24.9 Å². The summed E-state index contributed by atoms with van der Waals surface area (Å²) in [5.74, 6) is 0.493. The summed E-state index contributed by atoms with van der Waals surface area (Å²) < 4.78 is 33.1. The molecule has 0 spiro atoms. The number of carbonyl (C=O) groups is 1. The number of hydrogen-bond acceptors (Lipinski definition) is 6. The number of hydrogen-bond donors (Lipinski definition) is 1. The molecule has 0 radical (unpaired) electrons. The summed E-state index contributed by atoms with van der Waals surface area (Å²) in [4.78, 5) is 24.1. The first-order chi connectivity index (χ1) is 15.7. The fraction of sp³-hybridized carbons (Fsp3) is 0.174. The number of likely N-dealkylation sites (N-methyl/N-ethyl adjacent to an activating group) is 1. The van der Waals surface area contributed by atoms with Crippen molar-refractivity contribution in [3.63, 3.8) is 0 Å². The highest BCUT2D eigenvalue weighted by Gasteiger charge is 2.18. The Morgan fingerprint density at radius 1 is 1.06 bits per heavy atom. The molecule has 1 amide bonds. The highest BCUT2D eigenvalue weighted by Crippen LogP contribution is 2.21. The molecular weight excluding hydrogens is 446 g/mol. The van der Waals surface area contributed by atoms with E-state index in [-0.39, 0.29) is 22.2 Å². The van der Waals surface area contributed by atoms with Gasteiger partial charge in [0.25, 0.3) is 21.6 Å². The Hall–Kier alpha value is -3.92. The van der Waals surface area contributed by atoms with Gasteiger partial charge in [0.15, 0.2) is 0 Å². The first-order valence-electron chi connectivity index (χ1n) is 9.98. The van der Waals surface area contributed by atoms with Gasteiger partial charge in [-0.2, -0.15) is 0 Å². The predicted molar refractivity (Wildman–Crippen MR) is 124 cm³/mol. The Balaban J connectivity index is 1.60. The monoisotopic (exact) mass is 469 g/mol. The van der Waals surface area contributed by atoms with Crippen molar-refractivity contribution < 1.29 is 22.9 Å². The van der Waals surface area contributed by atoms with Gasteiger partial charge in [-0.15, -0.1) is 0 Å². The number of carbonyl (C=O) groups excluding carboxylic acids is 1. The van der Waals surface area contributed by atoms with Crippen molar-refractivity contribution in [2.45, 2.75) is 11.8 Å². The molecule has 0 atom stereocenters. The third-order valence-corrected chi connectivity index (χ3v) is 6.13. The minimum atomic E-state index is -4.03. The number of non-ortho nitro benzene ring substituents is 1. The zero-order valence-corrected chi connectivity index (χ0v) is 18.9. The molecular formula is C23H23N3O6S. The number of nitrogens with one attached hydrogen (secondary N) is 1. The molecule has 0 bridgehead atoms. The molecule has 0 aromatic heterocycles. The minimum Gasteiger partial charge on any atom is -0.492 e. The summed E-state index contributed by atoms with van der Waals surface area (Å²) in [5, 5.41) is 10.9. The second-order valence-corrected chi connectivity index (χ2v) is 9.01. The maximum absolute atomic E-state index is 12.6. The summed E-state index contributed by atoms with van der Waals surface area (Å²) in [6, 6.07) is 18.3. The second kappa shape index (κ2) is 10.1. The maximum Gasteiger partial charge on any atom is 0.270 e. The minimum absolute atomic E-state index is 0.225. The molecule has 0 fully saturated rings. The Kier molecular flexibility index (Phi) is 7.29. The lowest BCUT2D eigenvalue weighted by Gasteiger charge is -2.18. The molecule has 0 saturated carbocycles. The molecule has 0 aliphatic heterocycles. The number of rotatable bonds is 9. The van der Waals surface area contributed by atoms with E-state index in [0.29, 0.717) is 18.7 Å². The van der Waals surface area contributed by atoms with Gasteiger partial charge < -0.3 is 9.64 Å².